The average Bonchev–Trinajstić information content (AvgIpc) is 2.41. The van der Waals surface area contributed by atoms with Crippen molar-refractivity contribution in [2.75, 3.05) is 45.6 Å². The Morgan fingerprint density at radius 1 is 1.21 bits per heavy atom. The zero-order valence-corrected chi connectivity index (χ0v) is 12.7. The molecule has 1 saturated heterocycles. The molecule has 0 aliphatic carbocycles. The topological polar surface area (TPSA) is 18.5 Å². The monoisotopic (exact) mass is 281 g/mol. The maximum absolute atomic E-state index is 5.87. The fraction of sp³-hybridized carbons (Fsp3) is 0.600. The first-order chi connectivity index (χ1) is 9.15. The van der Waals surface area contributed by atoms with Crippen molar-refractivity contribution in [3.8, 4) is 0 Å². The number of rotatable bonds is 5. The van der Waals surface area contributed by atoms with Crippen LogP contribution in [0.2, 0.25) is 5.02 Å². The van der Waals surface area contributed by atoms with Crippen LogP contribution in [-0.2, 0) is 0 Å². The standard InChI is InChI=1S/C15H24ClN3/c1-18(2)15-7-10-19(11-8-15)12-9-17-14-5-3-13(16)4-6-14/h3-6,15,17H,7-12H2,1-2H3. The number of benzene rings is 1. The Balaban J connectivity index is 1.65. The van der Waals surface area contributed by atoms with Crippen LogP contribution < -0.4 is 5.32 Å². The maximum atomic E-state index is 5.87. The number of piperidine rings is 1. The molecule has 1 aromatic carbocycles. The lowest BCUT2D eigenvalue weighted by molar-refractivity contribution is 0.148. The highest BCUT2D eigenvalue weighted by Gasteiger charge is 2.19. The smallest absolute Gasteiger partial charge is 0.0407 e. The first-order valence-electron chi connectivity index (χ1n) is 7.03. The van der Waals surface area contributed by atoms with Gasteiger partial charge in [-0.3, -0.25) is 0 Å². The molecule has 1 aliphatic rings. The van der Waals surface area contributed by atoms with Gasteiger partial charge in [-0.25, -0.2) is 0 Å². The van der Waals surface area contributed by atoms with E-state index in [1.165, 1.54) is 25.9 Å². The van der Waals surface area contributed by atoms with Gasteiger partial charge in [-0.15, -0.1) is 0 Å². The van der Waals surface area contributed by atoms with E-state index >= 15 is 0 Å². The van der Waals surface area contributed by atoms with Crippen LogP contribution in [0.4, 0.5) is 5.69 Å². The number of anilines is 1. The van der Waals surface area contributed by atoms with Gasteiger partial charge in [0.2, 0.25) is 0 Å². The van der Waals surface area contributed by atoms with Crippen molar-refractivity contribution in [2.24, 2.45) is 0 Å². The third kappa shape index (κ3) is 4.68. The summed E-state index contributed by atoms with van der Waals surface area (Å²) in [6.07, 6.45) is 2.57. The summed E-state index contributed by atoms with van der Waals surface area (Å²) in [5.74, 6) is 0. The molecule has 4 heteroatoms. The van der Waals surface area contributed by atoms with Gasteiger partial charge in [-0.05, 0) is 64.3 Å². The maximum Gasteiger partial charge on any atom is 0.0407 e. The zero-order valence-electron chi connectivity index (χ0n) is 11.9. The van der Waals surface area contributed by atoms with Gasteiger partial charge in [-0.1, -0.05) is 11.6 Å². The van der Waals surface area contributed by atoms with E-state index in [4.69, 9.17) is 11.6 Å². The van der Waals surface area contributed by atoms with Crippen molar-refractivity contribution >= 4 is 17.3 Å². The summed E-state index contributed by atoms with van der Waals surface area (Å²) >= 11 is 5.87. The Morgan fingerprint density at radius 3 is 2.42 bits per heavy atom. The second-order valence-corrected chi connectivity index (χ2v) is 5.91. The summed E-state index contributed by atoms with van der Waals surface area (Å²) < 4.78 is 0. The van der Waals surface area contributed by atoms with E-state index in [0.717, 1.165) is 29.8 Å². The highest BCUT2D eigenvalue weighted by molar-refractivity contribution is 6.30. The highest BCUT2D eigenvalue weighted by Crippen LogP contribution is 2.15. The molecule has 1 fully saturated rings. The minimum atomic E-state index is 0.764. The van der Waals surface area contributed by atoms with Crippen LogP contribution in [0.1, 0.15) is 12.8 Å². The Hall–Kier alpha value is -0.770. The first kappa shape index (κ1) is 14.6. The quantitative estimate of drug-likeness (QED) is 0.895. The minimum Gasteiger partial charge on any atom is -0.384 e. The Kier molecular flexibility index (Phi) is 5.49. The summed E-state index contributed by atoms with van der Waals surface area (Å²) in [6.45, 7) is 4.54. The van der Waals surface area contributed by atoms with Gasteiger partial charge in [0, 0.05) is 29.8 Å². The molecule has 0 radical (unpaired) electrons. The Labute approximate surface area is 121 Å². The molecule has 0 spiro atoms. The van der Waals surface area contributed by atoms with Crippen LogP contribution in [0.5, 0.6) is 0 Å². The number of hydrogen-bond donors (Lipinski definition) is 1. The van der Waals surface area contributed by atoms with Gasteiger partial charge < -0.3 is 15.1 Å². The molecule has 0 aromatic heterocycles. The van der Waals surface area contributed by atoms with Gasteiger partial charge in [0.25, 0.3) is 0 Å². The molecule has 0 bridgehead atoms. The van der Waals surface area contributed by atoms with Gasteiger partial charge in [0.05, 0.1) is 0 Å². The Bertz CT molecular complexity index is 369. The summed E-state index contributed by atoms with van der Waals surface area (Å²) in [5.41, 5.74) is 1.15. The second-order valence-electron chi connectivity index (χ2n) is 5.47. The van der Waals surface area contributed by atoms with Crippen LogP contribution in [-0.4, -0.2) is 56.1 Å². The van der Waals surface area contributed by atoms with E-state index in [1.807, 2.05) is 24.3 Å². The minimum absolute atomic E-state index is 0.764. The fourth-order valence-corrected chi connectivity index (χ4v) is 2.71. The van der Waals surface area contributed by atoms with E-state index < -0.39 is 0 Å². The summed E-state index contributed by atoms with van der Waals surface area (Å²) in [6, 6.07) is 8.67. The van der Waals surface area contributed by atoms with Crippen LogP contribution in [0.3, 0.4) is 0 Å². The lowest BCUT2D eigenvalue weighted by atomic mass is 10.0. The normalized spacial score (nSPS) is 17.9. The molecule has 1 N–H and O–H groups in total. The van der Waals surface area contributed by atoms with Crippen LogP contribution >= 0.6 is 11.6 Å². The predicted molar refractivity (Wildman–Crippen MR) is 83.1 cm³/mol. The first-order valence-corrected chi connectivity index (χ1v) is 7.41. The van der Waals surface area contributed by atoms with Crippen molar-refractivity contribution < 1.29 is 0 Å². The molecule has 106 valence electrons. The SMILES string of the molecule is CN(C)C1CCN(CCNc2ccc(Cl)cc2)CC1. The fourth-order valence-electron chi connectivity index (χ4n) is 2.59. The van der Waals surface area contributed by atoms with Crippen molar-refractivity contribution in [1.82, 2.24) is 9.80 Å². The molecule has 0 saturated carbocycles. The van der Waals surface area contributed by atoms with E-state index in [0.29, 0.717) is 0 Å². The lowest BCUT2D eigenvalue weighted by Gasteiger charge is -2.35. The summed E-state index contributed by atoms with van der Waals surface area (Å²) in [4.78, 5) is 4.90. The predicted octanol–water partition coefficient (Wildman–Crippen LogP) is 2.78. The number of halogens is 1. The summed E-state index contributed by atoms with van der Waals surface area (Å²) in [7, 11) is 4.37. The number of hydrogen-bond acceptors (Lipinski definition) is 3. The average molecular weight is 282 g/mol. The molecule has 3 nitrogen and oxygen atoms in total. The van der Waals surface area contributed by atoms with Crippen molar-refractivity contribution in [3.63, 3.8) is 0 Å². The lowest BCUT2D eigenvalue weighted by Crippen LogP contribution is -2.43. The van der Waals surface area contributed by atoms with Crippen LogP contribution in [0.25, 0.3) is 0 Å². The molecule has 0 amide bonds. The molecular weight excluding hydrogens is 258 g/mol. The van der Waals surface area contributed by atoms with E-state index in [1.54, 1.807) is 0 Å². The molecule has 19 heavy (non-hydrogen) atoms. The van der Waals surface area contributed by atoms with Gasteiger partial charge in [0.15, 0.2) is 0 Å². The highest BCUT2D eigenvalue weighted by atomic mass is 35.5. The van der Waals surface area contributed by atoms with Crippen molar-refractivity contribution in [1.29, 1.82) is 0 Å². The molecule has 1 aromatic rings. The van der Waals surface area contributed by atoms with E-state index in [2.05, 4.69) is 29.2 Å². The van der Waals surface area contributed by atoms with Gasteiger partial charge >= 0.3 is 0 Å². The molecule has 0 unspecified atom stereocenters. The zero-order chi connectivity index (χ0) is 13.7. The second kappa shape index (κ2) is 7.13. The molecule has 2 rings (SSSR count). The molecular formula is C15H24ClN3. The van der Waals surface area contributed by atoms with Gasteiger partial charge in [0.1, 0.15) is 0 Å². The third-order valence-electron chi connectivity index (χ3n) is 3.89. The Morgan fingerprint density at radius 2 is 1.84 bits per heavy atom. The summed E-state index contributed by atoms with van der Waals surface area (Å²) in [5, 5.41) is 4.23. The van der Waals surface area contributed by atoms with Crippen molar-refractivity contribution in [3.05, 3.63) is 29.3 Å². The molecule has 1 heterocycles. The third-order valence-corrected chi connectivity index (χ3v) is 4.14. The molecule has 1 aliphatic heterocycles. The van der Waals surface area contributed by atoms with Crippen molar-refractivity contribution in [2.45, 2.75) is 18.9 Å². The van der Waals surface area contributed by atoms with Gasteiger partial charge in [-0.2, -0.15) is 0 Å². The van der Waals surface area contributed by atoms with Crippen LogP contribution in [0.15, 0.2) is 24.3 Å². The number of likely N-dealkylation sites (tertiary alicyclic amines) is 1. The van der Waals surface area contributed by atoms with Crippen LogP contribution in [0, 0.1) is 0 Å². The number of nitrogens with zero attached hydrogens (tertiary/aromatic N) is 2. The van der Waals surface area contributed by atoms with E-state index in [9.17, 15) is 0 Å². The number of nitrogens with one attached hydrogen (secondary N) is 1. The largest absolute Gasteiger partial charge is 0.384 e. The molecule has 0 atom stereocenters. The van der Waals surface area contributed by atoms with E-state index in [-0.39, 0.29) is 0 Å².